The van der Waals surface area contributed by atoms with E-state index in [9.17, 15) is 0 Å². The molecule has 4 heteroatoms. The molecule has 0 aliphatic rings. The molecule has 0 atom stereocenters. The summed E-state index contributed by atoms with van der Waals surface area (Å²) in [7, 11) is 0. The predicted octanol–water partition coefficient (Wildman–Crippen LogP) is 2.45. The molecular weight excluding hydrogens is 206 g/mol. The smallest absolute Gasteiger partial charge is 0.188 e. The topological polar surface area (TPSA) is 41.6 Å². The number of rotatable bonds is 4. The molecule has 0 saturated carbocycles. The van der Waals surface area contributed by atoms with Gasteiger partial charge in [-0.2, -0.15) is 0 Å². The van der Waals surface area contributed by atoms with Crippen LogP contribution in [0.25, 0.3) is 0 Å². The van der Waals surface area contributed by atoms with Crippen LogP contribution in [0.2, 0.25) is 0 Å². The summed E-state index contributed by atoms with van der Waals surface area (Å²) in [6.07, 6.45) is 1.06. The maximum atomic E-state index is 4.00. The fraction of sp³-hybridized carbons (Fsp3) is 0.273. The SMILES string of the molecule is Cc1nnc(SCCc2ccccc2)[nH]1. The molecule has 0 amide bonds. The standard InChI is InChI=1S/C11H13N3S/c1-9-12-11(14-13-9)15-8-7-10-5-3-2-4-6-10/h2-6H,7-8H2,1H3,(H,12,13,14). The van der Waals surface area contributed by atoms with Crippen molar-refractivity contribution in [1.82, 2.24) is 15.2 Å². The van der Waals surface area contributed by atoms with E-state index in [-0.39, 0.29) is 0 Å². The van der Waals surface area contributed by atoms with Crippen LogP contribution in [0.3, 0.4) is 0 Å². The molecular formula is C11H13N3S. The monoisotopic (exact) mass is 219 g/mol. The molecule has 0 aliphatic heterocycles. The zero-order chi connectivity index (χ0) is 10.5. The molecule has 0 fully saturated rings. The Morgan fingerprint density at radius 1 is 1.20 bits per heavy atom. The van der Waals surface area contributed by atoms with Crippen molar-refractivity contribution in [2.24, 2.45) is 0 Å². The van der Waals surface area contributed by atoms with Crippen LogP contribution in [-0.4, -0.2) is 20.9 Å². The first-order chi connectivity index (χ1) is 7.34. The number of thioether (sulfide) groups is 1. The van der Waals surface area contributed by atoms with Crippen molar-refractivity contribution < 1.29 is 0 Å². The lowest BCUT2D eigenvalue weighted by Crippen LogP contribution is -1.88. The number of hydrogen-bond acceptors (Lipinski definition) is 3. The van der Waals surface area contributed by atoms with Gasteiger partial charge in [0, 0.05) is 5.75 Å². The Hall–Kier alpha value is -1.29. The van der Waals surface area contributed by atoms with Crippen LogP contribution in [0.4, 0.5) is 0 Å². The van der Waals surface area contributed by atoms with Gasteiger partial charge in [0.1, 0.15) is 5.82 Å². The second kappa shape index (κ2) is 4.98. The average molecular weight is 219 g/mol. The molecule has 1 heterocycles. The third-order valence-electron chi connectivity index (χ3n) is 2.05. The van der Waals surface area contributed by atoms with Gasteiger partial charge in [-0.25, -0.2) is 0 Å². The van der Waals surface area contributed by atoms with Gasteiger partial charge in [0.2, 0.25) is 0 Å². The van der Waals surface area contributed by atoms with Crippen molar-refractivity contribution in [2.75, 3.05) is 5.75 Å². The highest BCUT2D eigenvalue weighted by atomic mass is 32.2. The van der Waals surface area contributed by atoms with E-state index in [1.807, 2.05) is 13.0 Å². The van der Waals surface area contributed by atoms with Crippen LogP contribution in [0.1, 0.15) is 11.4 Å². The Morgan fingerprint density at radius 3 is 2.67 bits per heavy atom. The number of nitrogens with one attached hydrogen (secondary N) is 1. The van der Waals surface area contributed by atoms with E-state index >= 15 is 0 Å². The normalized spacial score (nSPS) is 10.5. The van der Waals surface area contributed by atoms with Gasteiger partial charge in [-0.1, -0.05) is 42.1 Å². The highest BCUT2D eigenvalue weighted by molar-refractivity contribution is 7.99. The quantitative estimate of drug-likeness (QED) is 0.803. The lowest BCUT2D eigenvalue weighted by atomic mass is 10.2. The lowest BCUT2D eigenvalue weighted by molar-refractivity contribution is 0.967. The Balaban J connectivity index is 1.80. The zero-order valence-electron chi connectivity index (χ0n) is 8.60. The van der Waals surface area contributed by atoms with Crippen LogP contribution in [0, 0.1) is 6.92 Å². The molecule has 0 spiro atoms. The maximum absolute atomic E-state index is 4.00. The predicted molar refractivity (Wildman–Crippen MR) is 62.0 cm³/mol. The van der Waals surface area contributed by atoms with E-state index in [0.717, 1.165) is 23.2 Å². The summed E-state index contributed by atoms with van der Waals surface area (Å²) in [5.41, 5.74) is 1.36. The van der Waals surface area contributed by atoms with E-state index in [1.54, 1.807) is 11.8 Å². The van der Waals surface area contributed by atoms with Crippen LogP contribution in [0.5, 0.6) is 0 Å². The largest absolute Gasteiger partial charge is 0.320 e. The molecule has 1 aromatic heterocycles. The van der Waals surface area contributed by atoms with Gasteiger partial charge in [-0.05, 0) is 18.9 Å². The molecule has 78 valence electrons. The molecule has 2 rings (SSSR count). The van der Waals surface area contributed by atoms with Gasteiger partial charge in [0.05, 0.1) is 0 Å². The molecule has 0 saturated heterocycles. The minimum atomic E-state index is 0.872. The van der Waals surface area contributed by atoms with Gasteiger partial charge in [-0.15, -0.1) is 10.2 Å². The summed E-state index contributed by atoms with van der Waals surface area (Å²) in [5.74, 6) is 1.90. The molecule has 0 unspecified atom stereocenters. The van der Waals surface area contributed by atoms with Crippen molar-refractivity contribution in [3.05, 3.63) is 41.7 Å². The molecule has 1 N–H and O–H groups in total. The van der Waals surface area contributed by atoms with Crippen LogP contribution >= 0.6 is 11.8 Å². The highest BCUT2D eigenvalue weighted by Crippen LogP contribution is 2.14. The van der Waals surface area contributed by atoms with Crippen LogP contribution in [0.15, 0.2) is 35.5 Å². The summed E-state index contributed by atoms with van der Waals surface area (Å²) in [4.78, 5) is 3.10. The second-order valence-corrected chi connectivity index (χ2v) is 4.38. The highest BCUT2D eigenvalue weighted by Gasteiger charge is 1.99. The van der Waals surface area contributed by atoms with Gasteiger partial charge < -0.3 is 4.98 Å². The lowest BCUT2D eigenvalue weighted by Gasteiger charge is -1.98. The first-order valence-corrected chi connectivity index (χ1v) is 5.89. The second-order valence-electron chi connectivity index (χ2n) is 3.30. The zero-order valence-corrected chi connectivity index (χ0v) is 9.42. The van der Waals surface area contributed by atoms with Crippen molar-refractivity contribution in [1.29, 1.82) is 0 Å². The Kier molecular flexibility index (Phi) is 3.40. The van der Waals surface area contributed by atoms with Gasteiger partial charge in [-0.3, -0.25) is 0 Å². The minimum absolute atomic E-state index is 0.872. The molecule has 3 nitrogen and oxygen atoms in total. The van der Waals surface area contributed by atoms with E-state index in [4.69, 9.17) is 0 Å². The van der Waals surface area contributed by atoms with Gasteiger partial charge in [0.25, 0.3) is 0 Å². The number of aromatic amines is 1. The Bertz CT molecular complexity index is 411. The van der Waals surface area contributed by atoms with E-state index in [1.165, 1.54) is 5.56 Å². The number of aromatic nitrogens is 3. The van der Waals surface area contributed by atoms with Gasteiger partial charge >= 0.3 is 0 Å². The van der Waals surface area contributed by atoms with Gasteiger partial charge in [0.15, 0.2) is 5.16 Å². The van der Waals surface area contributed by atoms with E-state index < -0.39 is 0 Å². The number of nitrogens with zero attached hydrogens (tertiary/aromatic N) is 2. The fourth-order valence-electron chi connectivity index (χ4n) is 1.30. The van der Waals surface area contributed by atoms with Crippen LogP contribution in [-0.2, 0) is 6.42 Å². The number of aryl methyl sites for hydroxylation is 2. The summed E-state index contributed by atoms with van der Waals surface area (Å²) >= 11 is 1.71. The third-order valence-corrected chi connectivity index (χ3v) is 2.92. The Labute approximate surface area is 93.3 Å². The number of H-pyrrole nitrogens is 1. The number of hydrogen-bond donors (Lipinski definition) is 1. The molecule has 0 radical (unpaired) electrons. The van der Waals surface area contributed by atoms with E-state index in [0.29, 0.717) is 0 Å². The molecule has 1 aromatic carbocycles. The average Bonchev–Trinajstić information content (AvgIpc) is 2.66. The fourth-order valence-corrected chi connectivity index (χ4v) is 2.15. The van der Waals surface area contributed by atoms with Crippen molar-refractivity contribution >= 4 is 11.8 Å². The molecule has 0 bridgehead atoms. The van der Waals surface area contributed by atoms with E-state index in [2.05, 4.69) is 39.4 Å². The van der Waals surface area contributed by atoms with Crippen molar-refractivity contribution in [3.63, 3.8) is 0 Å². The Morgan fingerprint density at radius 2 is 2.00 bits per heavy atom. The number of benzene rings is 1. The molecule has 2 aromatic rings. The summed E-state index contributed by atoms with van der Waals surface area (Å²) < 4.78 is 0. The summed E-state index contributed by atoms with van der Waals surface area (Å²) in [6, 6.07) is 10.5. The summed E-state index contributed by atoms with van der Waals surface area (Å²) in [6.45, 7) is 1.91. The first kappa shape index (κ1) is 10.2. The molecule has 0 aliphatic carbocycles. The minimum Gasteiger partial charge on any atom is -0.320 e. The molecule has 15 heavy (non-hydrogen) atoms. The van der Waals surface area contributed by atoms with Crippen molar-refractivity contribution in [2.45, 2.75) is 18.5 Å². The van der Waals surface area contributed by atoms with Crippen LogP contribution < -0.4 is 0 Å². The summed E-state index contributed by atoms with van der Waals surface area (Å²) in [5, 5.41) is 8.83. The maximum Gasteiger partial charge on any atom is 0.188 e. The third kappa shape index (κ3) is 3.09. The van der Waals surface area contributed by atoms with Crippen molar-refractivity contribution in [3.8, 4) is 0 Å². The first-order valence-electron chi connectivity index (χ1n) is 4.90.